The molecule has 1 N–H and O–H groups in total. The molecule has 0 aliphatic heterocycles. The summed E-state index contributed by atoms with van der Waals surface area (Å²) >= 11 is 1.59. The molecule has 0 spiro atoms. The summed E-state index contributed by atoms with van der Waals surface area (Å²) in [6.07, 6.45) is 0.719. The Hall–Kier alpha value is -3.39. The molecular formula is C22H22N4O3S. The van der Waals surface area contributed by atoms with Crippen LogP contribution >= 0.6 is 11.3 Å². The predicted octanol–water partition coefficient (Wildman–Crippen LogP) is 3.51. The Balaban J connectivity index is 1.34. The molecule has 2 aromatic heterocycles. The fraction of sp³-hybridized carbons (Fsp3) is 0.227. The van der Waals surface area contributed by atoms with Crippen LogP contribution in [0.3, 0.4) is 0 Å². The molecule has 0 atom stereocenters. The van der Waals surface area contributed by atoms with Gasteiger partial charge in [-0.15, -0.1) is 5.10 Å². The van der Waals surface area contributed by atoms with Gasteiger partial charge in [0.2, 0.25) is 4.96 Å². The van der Waals surface area contributed by atoms with E-state index in [-0.39, 0.29) is 12.5 Å². The molecule has 7 nitrogen and oxygen atoms in total. The van der Waals surface area contributed by atoms with E-state index in [4.69, 9.17) is 9.47 Å². The Morgan fingerprint density at radius 2 is 1.87 bits per heavy atom. The van der Waals surface area contributed by atoms with Gasteiger partial charge in [0.15, 0.2) is 12.4 Å². The van der Waals surface area contributed by atoms with Crippen molar-refractivity contribution in [1.29, 1.82) is 0 Å². The highest BCUT2D eigenvalue weighted by Gasteiger charge is 2.14. The van der Waals surface area contributed by atoms with Gasteiger partial charge in [-0.1, -0.05) is 29.5 Å². The van der Waals surface area contributed by atoms with E-state index in [0.717, 1.165) is 33.3 Å². The smallest absolute Gasteiger partial charge is 0.257 e. The molecule has 4 rings (SSSR count). The number of para-hydroxylation sites is 1. The average molecular weight is 423 g/mol. The number of hydrogen-bond donors (Lipinski definition) is 1. The van der Waals surface area contributed by atoms with Crippen molar-refractivity contribution in [3.05, 3.63) is 65.2 Å². The maximum Gasteiger partial charge on any atom is 0.257 e. The third-order valence-electron chi connectivity index (χ3n) is 4.65. The van der Waals surface area contributed by atoms with Crippen molar-refractivity contribution in [1.82, 2.24) is 19.9 Å². The van der Waals surface area contributed by atoms with Gasteiger partial charge in [0, 0.05) is 23.4 Å². The number of aryl methyl sites for hydroxylation is 1. The van der Waals surface area contributed by atoms with Crippen molar-refractivity contribution >= 4 is 22.2 Å². The fourth-order valence-electron chi connectivity index (χ4n) is 3.01. The number of nitrogens with zero attached hydrogens (tertiary/aromatic N) is 3. The number of ether oxygens (including phenoxy) is 2. The van der Waals surface area contributed by atoms with Crippen molar-refractivity contribution in [2.75, 3.05) is 20.3 Å². The second-order valence-electron chi connectivity index (χ2n) is 6.67. The molecule has 154 valence electrons. The van der Waals surface area contributed by atoms with E-state index < -0.39 is 0 Å². The Kier molecular flexibility index (Phi) is 5.94. The van der Waals surface area contributed by atoms with Crippen LogP contribution in [0.1, 0.15) is 10.6 Å². The lowest BCUT2D eigenvalue weighted by Gasteiger charge is -2.07. The Morgan fingerprint density at radius 3 is 2.57 bits per heavy atom. The van der Waals surface area contributed by atoms with E-state index >= 15 is 0 Å². The van der Waals surface area contributed by atoms with E-state index in [0.29, 0.717) is 18.1 Å². The molecule has 0 bridgehead atoms. The van der Waals surface area contributed by atoms with Crippen LogP contribution in [0.15, 0.2) is 54.6 Å². The SMILES string of the molecule is COc1ccc(-c2nc3sc(CCNC(=O)COc4ccccc4)c(C)n3n2)cc1. The molecule has 8 heteroatoms. The molecule has 0 fully saturated rings. The van der Waals surface area contributed by atoms with Gasteiger partial charge in [-0.05, 0) is 43.3 Å². The number of thiazole rings is 1. The van der Waals surface area contributed by atoms with E-state index in [2.05, 4.69) is 15.4 Å². The van der Waals surface area contributed by atoms with Gasteiger partial charge in [-0.2, -0.15) is 4.98 Å². The summed E-state index contributed by atoms with van der Waals surface area (Å²) in [4.78, 5) is 18.6. The molecule has 0 unspecified atom stereocenters. The highest BCUT2D eigenvalue weighted by Crippen LogP contribution is 2.26. The molecular weight excluding hydrogens is 400 g/mol. The van der Waals surface area contributed by atoms with Crippen LogP contribution < -0.4 is 14.8 Å². The topological polar surface area (TPSA) is 77.8 Å². The van der Waals surface area contributed by atoms with Crippen LogP contribution in [0, 0.1) is 6.92 Å². The number of benzene rings is 2. The Morgan fingerprint density at radius 1 is 1.10 bits per heavy atom. The first-order valence-electron chi connectivity index (χ1n) is 9.58. The lowest BCUT2D eigenvalue weighted by atomic mass is 10.2. The zero-order valence-corrected chi connectivity index (χ0v) is 17.6. The highest BCUT2D eigenvalue weighted by molar-refractivity contribution is 7.17. The molecule has 4 aromatic rings. The van der Waals surface area contributed by atoms with Gasteiger partial charge in [-0.3, -0.25) is 4.79 Å². The van der Waals surface area contributed by atoms with Crippen LogP contribution in [0.2, 0.25) is 0 Å². The molecule has 0 saturated heterocycles. The zero-order valence-electron chi connectivity index (χ0n) is 16.8. The lowest BCUT2D eigenvalue weighted by molar-refractivity contribution is -0.123. The number of aromatic nitrogens is 3. The van der Waals surface area contributed by atoms with Crippen LogP contribution in [-0.4, -0.2) is 40.8 Å². The molecule has 2 heterocycles. The number of rotatable bonds is 8. The zero-order chi connectivity index (χ0) is 20.9. The largest absolute Gasteiger partial charge is 0.497 e. The molecule has 0 radical (unpaired) electrons. The van der Waals surface area contributed by atoms with Gasteiger partial charge < -0.3 is 14.8 Å². The molecule has 0 saturated carbocycles. The molecule has 0 aliphatic rings. The van der Waals surface area contributed by atoms with Crippen LogP contribution in [0.4, 0.5) is 0 Å². The number of methoxy groups -OCH3 is 1. The monoisotopic (exact) mass is 422 g/mol. The van der Waals surface area contributed by atoms with Crippen molar-refractivity contribution in [2.24, 2.45) is 0 Å². The summed E-state index contributed by atoms with van der Waals surface area (Å²) < 4.78 is 12.5. The van der Waals surface area contributed by atoms with Crippen LogP contribution in [-0.2, 0) is 11.2 Å². The maximum atomic E-state index is 12.0. The standard InChI is InChI=1S/C22H22N4O3S/c1-15-19(12-13-23-20(27)14-29-18-6-4-3-5-7-18)30-22-24-21(25-26(15)22)16-8-10-17(28-2)11-9-16/h3-11H,12-14H2,1-2H3,(H,23,27). The van der Waals surface area contributed by atoms with Crippen LogP contribution in [0.25, 0.3) is 16.3 Å². The summed E-state index contributed by atoms with van der Waals surface area (Å²) in [5.74, 6) is 2.03. The third-order valence-corrected chi connectivity index (χ3v) is 5.84. The average Bonchev–Trinajstić information content (AvgIpc) is 3.32. The number of carbonyl (C=O) groups is 1. The van der Waals surface area contributed by atoms with E-state index in [1.807, 2.05) is 66.0 Å². The van der Waals surface area contributed by atoms with Gasteiger partial charge >= 0.3 is 0 Å². The fourth-order valence-corrected chi connectivity index (χ4v) is 4.07. The number of hydrogen-bond acceptors (Lipinski definition) is 6. The minimum Gasteiger partial charge on any atom is -0.497 e. The van der Waals surface area contributed by atoms with Crippen molar-refractivity contribution < 1.29 is 14.3 Å². The molecule has 1 amide bonds. The quantitative estimate of drug-likeness (QED) is 0.470. The first kappa shape index (κ1) is 19.9. The van der Waals surface area contributed by atoms with E-state index in [1.54, 1.807) is 18.4 Å². The van der Waals surface area contributed by atoms with Crippen LogP contribution in [0.5, 0.6) is 11.5 Å². The van der Waals surface area contributed by atoms with Crippen molar-refractivity contribution in [3.63, 3.8) is 0 Å². The third kappa shape index (κ3) is 4.44. The molecule has 2 aromatic carbocycles. The lowest BCUT2D eigenvalue weighted by Crippen LogP contribution is -2.30. The van der Waals surface area contributed by atoms with Gasteiger partial charge in [0.1, 0.15) is 11.5 Å². The number of amides is 1. The highest BCUT2D eigenvalue weighted by atomic mass is 32.1. The minimum absolute atomic E-state index is 0.00351. The Labute approximate surface area is 178 Å². The number of carbonyl (C=O) groups excluding carboxylic acids is 1. The second-order valence-corrected chi connectivity index (χ2v) is 7.73. The summed E-state index contributed by atoms with van der Waals surface area (Å²) in [5, 5.41) is 7.53. The van der Waals surface area contributed by atoms with Gasteiger partial charge in [0.25, 0.3) is 5.91 Å². The number of fused-ring (bicyclic) bond motifs is 1. The normalized spacial score (nSPS) is 10.9. The first-order valence-corrected chi connectivity index (χ1v) is 10.4. The van der Waals surface area contributed by atoms with E-state index in [1.165, 1.54) is 0 Å². The summed E-state index contributed by atoms with van der Waals surface area (Å²) in [5.41, 5.74) is 1.98. The minimum atomic E-state index is -0.141. The summed E-state index contributed by atoms with van der Waals surface area (Å²) in [6, 6.07) is 17.0. The van der Waals surface area contributed by atoms with Gasteiger partial charge in [-0.25, -0.2) is 4.52 Å². The van der Waals surface area contributed by atoms with Crippen molar-refractivity contribution in [2.45, 2.75) is 13.3 Å². The predicted molar refractivity (Wildman–Crippen MR) is 116 cm³/mol. The van der Waals surface area contributed by atoms with Crippen molar-refractivity contribution in [3.8, 4) is 22.9 Å². The Bertz CT molecular complexity index is 1140. The molecule has 0 aliphatic carbocycles. The molecule has 30 heavy (non-hydrogen) atoms. The van der Waals surface area contributed by atoms with E-state index in [9.17, 15) is 4.79 Å². The summed E-state index contributed by atoms with van der Waals surface area (Å²) in [6.45, 7) is 2.56. The second kappa shape index (κ2) is 8.96. The maximum absolute atomic E-state index is 12.0. The summed E-state index contributed by atoms with van der Waals surface area (Å²) in [7, 11) is 1.64. The van der Waals surface area contributed by atoms with Gasteiger partial charge in [0.05, 0.1) is 12.8 Å². The first-order chi connectivity index (χ1) is 14.6. The number of nitrogens with one attached hydrogen (secondary N) is 1.